The summed E-state index contributed by atoms with van der Waals surface area (Å²) in [5.74, 6) is -1.63. The number of thioether (sulfide) groups is 1. The predicted octanol–water partition coefficient (Wildman–Crippen LogP) is 2.00. The van der Waals surface area contributed by atoms with Gasteiger partial charge in [-0.2, -0.15) is 0 Å². The molecule has 34 heavy (non-hydrogen) atoms. The summed E-state index contributed by atoms with van der Waals surface area (Å²) in [5, 5.41) is 29.6. The molecule has 0 aliphatic carbocycles. The molecule has 0 aromatic heterocycles. The molecule has 1 aromatic carbocycles. The van der Waals surface area contributed by atoms with Crippen LogP contribution in [0.15, 0.2) is 17.3 Å². The number of carbonyl (C=O) groups is 3. The Bertz CT molecular complexity index is 1120. The van der Waals surface area contributed by atoms with Gasteiger partial charge in [0.25, 0.3) is 5.91 Å². The van der Waals surface area contributed by atoms with E-state index >= 15 is 0 Å². The van der Waals surface area contributed by atoms with Crippen LogP contribution in [-0.2, 0) is 16.0 Å². The zero-order valence-electron chi connectivity index (χ0n) is 18.6. The maximum Gasteiger partial charge on any atom is 0.352 e. The van der Waals surface area contributed by atoms with Gasteiger partial charge in [0.15, 0.2) is 11.5 Å². The van der Waals surface area contributed by atoms with Crippen LogP contribution in [0.3, 0.4) is 0 Å². The van der Waals surface area contributed by atoms with E-state index in [1.807, 2.05) is 0 Å². The van der Waals surface area contributed by atoms with Gasteiger partial charge >= 0.3 is 5.97 Å². The molecule has 4 aliphatic rings. The average Bonchev–Trinajstić information content (AvgIpc) is 3.26. The molecule has 5 rings (SSSR count). The van der Waals surface area contributed by atoms with Crippen molar-refractivity contribution in [2.45, 2.75) is 31.1 Å². The SMILES string of the molecule is O=C(O)C1=C(C[N+]2(CCN3CCc4c(cc(O)c(O)c4Cl)C3=O)CCCC2)CS[C@@H]2CC(=O)N12. The van der Waals surface area contributed by atoms with Crippen LogP contribution < -0.4 is 0 Å². The predicted molar refractivity (Wildman–Crippen MR) is 126 cm³/mol. The van der Waals surface area contributed by atoms with Crippen LogP contribution >= 0.6 is 23.4 Å². The van der Waals surface area contributed by atoms with Crippen LogP contribution in [0.1, 0.15) is 35.2 Å². The quantitative estimate of drug-likeness (QED) is 0.305. The number of hydrogen-bond donors (Lipinski definition) is 3. The molecule has 0 radical (unpaired) electrons. The lowest BCUT2D eigenvalue weighted by Crippen LogP contribution is -2.57. The summed E-state index contributed by atoms with van der Waals surface area (Å²) in [6.07, 6.45) is 2.95. The van der Waals surface area contributed by atoms with Crippen molar-refractivity contribution in [2.75, 3.05) is 45.0 Å². The highest BCUT2D eigenvalue weighted by molar-refractivity contribution is 8.00. The highest BCUT2D eigenvalue weighted by Gasteiger charge is 2.47. The molecule has 0 unspecified atom stereocenters. The highest BCUT2D eigenvalue weighted by atomic mass is 35.5. The molecule has 1 aromatic rings. The Hall–Kier alpha value is -2.43. The van der Waals surface area contributed by atoms with Gasteiger partial charge in [-0.3, -0.25) is 14.5 Å². The van der Waals surface area contributed by atoms with Gasteiger partial charge in [-0.25, -0.2) is 4.79 Å². The first-order valence-electron chi connectivity index (χ1n) is 11.5. The maximum absolute atomic E-state index is 13.1. The third-order valence-electron chi connectivity index (χ3n) is 7.49. The van der Waals surface area contributed by atoms with E-state index in [0.717, 1.165) is 31.5 Å². The topological polar surface area (TPSA) is 118 Å². The average molecular weight is 509 g/mol. The second kappa shape index (κ2) is 8.66. The third-order valence-corrected chi connectivity index (χ3v) is 9.18. The summed E-state index contributed by atoms with van der Waals surface area (Å²) in [5.41, 5.74) is 1.80. The molecule has 0 bridgehead atoms. The molecule has 3 N–H and O–H groups in total. The molecular weight excluding hydrogens is 482 g/mol. The Kier molecular flexibility index (Phi) is 5.94. The van der Waals surface area contributed by atoms with E-state index in [0.29, 0.717) is 60.4 Å². The summed E-state index contributed by atoms with van der Waals surface area (Å²) in [6, 6.07) is 1.27. The van der Waals surface area contributed by atoms with Crippen molar-refractivity contribution in [3.05, 3.63) is 33.5 Å². The molecule has 0 spiro atoms. The van der Waals surface area contributed by atoms with Gasteiger partial charge in [0.05, 0.1) is 43.0 Å². The van der Waals surface area contributed by atoms with E-state index in [9.17, 15) is 29.7 Å². The van der Waals surface area contributed by atoms with Crippen molar-refractivity contribution in [1.82, 2.24) is 9.80 Å². The number of amides is 2. The van der Waals surface area contributed by atoms with Crippen molar-refractivity contribution in [2.24, 2.45) is 0 Å². The Balaban J connectivity index is 1.35. The first-order chi connectivity index (χ1) is 16.2. The van der Waals surface area contributed by atoms with Crippen molar-refractivity contribution >= 4 is 41.1 Å². The number of hydrogen-bond acceptors (Lipinski definition) is 6. The molecule has 9 nitrogen and oxygen atoms in total. The minimum Gasteiger partial charge on any atom is -0.504 e. The van der Waals surface area contributed by atoms with Gasteiger partial charge < -0.3 is 24.7 Å². The molecular formula is C23H27ClN3O6S+. The van der Waals surface area contributed by atoms with E-state index in [4.69, 9.17) is 11.6 Å². The van der Waals surface area contributed by atoms with Crippen LogP contribution in [0.25, 0.3) is 0 Å². The molecule has 2 fully saturated rings. The lowest BCUT2D eigenvalue weighted by Gasteiger charge is -2.45. The molecule has 1 atom stereocenters. The number of carboxylic acid groups (broad SMARTS) is 1. The fraction of sp³-hybridized carbons (Fsp3) is 0.522. The standard InChI is InChI=1S/C23H26ClN3O6S/c24-19-14-3-4-25(22(31)15(14)9-16(28)21(19)30)5-8-27(6-1-2-7-27)11-13-12-34-18-10-17(29)26(18)20(13)23(32)33/h9,18H,1-8,10-12H2,(H2-,28,30,31,32,33)/p+1/t18-/m1/s1. The summed E-state index contributed by atoms with van der Waals surface area (Å²) >= 11 is 7.77. The van der Waals surface area contributed by atoms with Crippen molar-refractivity contribution < 1.29 is 34.2 Å². The molecule has 0 saturated carbocycles. The molecule has 11 heteroatoms. The number of aromatic hydroxyl groups is 2. The number of nitrogens with zero attached hydrogens (tertiary/aromatic N) is 3. The van der Waals surface area contributed by atoms with Crippen LogP contribution in [0.2, 0.25) is 5.02 Å². The lowest BCUT2D eigenvalue weighted by atomic mass is 9.97. The third kappa shape index (κ3) is 3.81. The van der Waals surface area contributed by atoms with E-state index in [1.165, 1.54) is 11.0 Å². The summed E-state index contributed by atoms with van der Waals surface area (Å²) in [4.78, 5) is 40.5. The van der Waals surface area contributed by atoms with Crippen LogP contribution in [0.5, 0.6) is 11.5 Å². The first-order valence-corrected chi connectivity index (χ1v) is 12.9. The number of benzene rings is 1. The minimum absolute atomic E-state index is 0.0211. The summed E-state index contributed by atoms with van der Waals surface area (Å²) in [7, 11) is 0. The van der Waals surface area contributed by atoms with E-state index in [1.54, 1.807) is 16.7 Å². The van der Waals surface area contributed by atoms with Crippen molar-refractivity contribution in [3.8, 4) is 11.5 Å². The van der Waals surface area contributed by atoms with Gasteiger partial charge in [0.2, 0.25) is 5.91 Å². The number of carboxylic acids is 1. The van der Waals surface area contributed by atoms with E-state index in [-0.39, 0.29) is 27.9 Å². The monoisotopic (exact) mass is 508 g/mol. The van der Waals surface area contributed by atoms with E-state index < -0.39 is 17.5 Å². The fourth-order valence-electron chi connectivity index (χ4n) is 5.64. The minimum atomic E-state index is -1.05. The second-order valence-electron chi connectivity index (χ2n) is 9.50. The fourth-order valence-corrected chi connectivity index (χ4v) is 7.18. The number of carbonyl (C=O) groups excluding carboxylic acids is 2. The van der Waals surface area contributed by atoms with Gasteiger partial charge in [0, 0.05) is 36.3 Å². The van der Waals surface area contributed by atoms with Crippen LogP contribution in [-0.4, -0.2) is 97.8 Å². The maximum atomic E-state index is 13.1. The number of quaternary nitrogens is 1. The Labute approximate surface area is 206 Å². The van der Waals surface area contributed by atoms with E-state index in [2.05, 4.69) is 0 Å². The second-order valence-corrected chi connectivity index (χ2v) is 11.0. The Morgan fingerprint density at radius 2 is 1.97 bits per heavy atom. The number of phenols is 2. The first kappa shape index (κ1) is 23.3. The molecule has 4 aliphatic heterocycles. The van der Waals surface area contributed by atoms with Gasteiger partial charge in [0.1, 0.15) is 12.2 Å². The Morgan fingerprint density at radius 1 is 1.24 bits per heavy atom. The number of fused-ring (bicyclic) bond motifs is 2. The normalized spacial score (nSPS) is 23.6. The molecule has 2 saturated heterocycles. The van der Waals surface area contributed by atoms with Crippen molar-refractivity contribution in [3.63, 3.8) is 0 Å². The van der Waals surface area contributed by atoms with Crippen LogP contribution in [0.4, 0.5) is 0 Å². The molecule has 4 heterocycles. The number of β-lactam (4-membered cyclic amide) rings is 1. The largest absolute Gasteiger partial charge is 0.504 e. The van der Waals surface area contributed by atoms with Crippen molar-refractivity contribution in [1.29, 1.82) is 0 Å². The Morgan fingerprint density at radius 3 is 2.65 bits per heavy atom. The van der Waals surface area contributed by atoms with Gasteiger partial charge in [-0.15, -0.1) is 11.8 Å². The van der Waals surface area contributed by atoms with Gasteiger partial charge in [-0.1, -0.05) is 11.6 Å². The summed E-state index contributed by atoms with van der Waals surface area (Å²) in [6.45, 7) is 3.99. The zero-order valence-corrected chi connectivity index (χ0v) is 20.2. The number of likely N-dealkylation sites (tertiary alicyclic amines) is 1. The van der Waals surface area contributed by atoms with Gasteiger partial charge in [-0.05, 0) is 18.1 Å². The smallest absolute Gasteiger partial charge is 0.352 e. The summed E-state index contributed by atoms with van der Waals surface area (Å²) < 4.78 is 0.692. The number of phenolic OH excluding ortho intramolecular Hbond substituents is 2. The highest BCUT2D eigenvalue weighted by Crippen LogP contribution is 2.42. The number of halogens is 1. The molecule has 182 valence electrons. The lowest BCUT2D eigenvalue weighted by molar-refractivity contribution is -0.911. The van der Waals surface area contributed by atoms with Crippen LogP contribution in [0, 0.1) is 0 Å². The zero-order chi connectivity index (χ0) is 24.2. The number of rotatable bonds is 6. The molecule has 2 amide bonds. The number of aliphatic carboxylic acids is 1.